The number of hydrogen-bond acceptors (Lipinski definition) is 5. The maximum atomic E-state index is 12.3. The van der Waals surface area contributed by atoms with Gasteiger partial charge in [-0.2, -0.15) is 0 Å². The number of hydrogen-bond donors (Lipinski definition) is 1. The minimum Gasteiger partial charge on any atom is -0.422 e. The largest absolute Gasteiger partial charge is 0.422 e. The fourth-order valence-electron chi connectivity index (χ4n) is 1.87. The summed E-state index contributed by atoms with van der Waals surface area (Å²) in [5.74, 6) is -0.404. The molecule has 5 heteroatoms. The summed E-state index contributed by atoms with van der Waals surface area (Å²) in [7, 11) is 0. The van der Waals surface area contributed by atoms with Gasteiger partial charge in [-0.3, -0.25) is 4.79 Å². The molecular weight excluding hydrogens is 262 g/mol. The lowest BCUT2D eigenvalue weighted by Gasteiger charge is -2.01. The standard InChI is InChI=1S/C14H9NO3S/c15-13-9(5-6-19-13)12(16)10-7-8-3-1-2-4-11(8)18-14(10)17/h1-7H,15H2. The van der Waals surface area contributed by atoms with Crippen LogP contribution in [-0.2, 0) is 0 Å². The summed E-state index contributed by atoms with van der Waals surface area (Å²) in [6, 6.07) is 10.2. The lowest BCUT2D eigenvalue weighted by Crippen LogP contribution is -2.15. The molecule has 0 bridgehead atoms. The van der Waals surface area contributed by atoms with Crippen LogP contribution in [0.5, 0.6) is 0 Å². The second-order valence-electron chi connectivity index (χ2n) is 4.01. The van der Waals surface area contributed by atoms with Gasteiger partial charge in [-0.05, 0) is 23.6 Å². The Morgan fingerprint density at radius 2 is 1.95 bits per heavy atom. The van der Waals surface area contributed by atoms with E-state index in [0.29, 0.717) is 21.5 Å². The third-order valence-electron chi connectivity index (χ3n) is 2.83. The van der Waals surface area contributed by atoms with Gasteiger partial charge in [0.05, 0.1) is 10.6 Å². The van der Waals surface area contributed by atoms with Crippen molar-refractivity contribution in [3.63, 3.8) is 0 Å². The molecule has 0 aliphatic rings. The minimum absolute atomic E-state index is 0.00352. The first kappa shape index (κ1) is 11.7. The summed E-state index contributed by atoms with van der Waals surface area (Å²) in [5, 5.41) is 2.82. The van der Waals surface area contributed by atoms with Crippen molar-refractivity contribution in [1.82, 2.24) is 0 Å². The molecule has 2 heterocycles. The van der Waals surface area contributed by atoms with Crippen molar-refractivity contribution in [1.29, 1.82) is 0 Å². The normalized spacial score (nSPS) is 10.7. The lowest BCUT2D eigenvalue weighted by molar-refractivity contribution is 0.103. The molecule has 0 aliphatic carbocycles. The predicted octanol–water partition coefficient (Wildman–Crippen LogP) is 2.67. The zero-order valence-corrected chi connectivity index (χ0v) is 10.6. The number of fused-ring (bicyclic) bond motifs is 1. The molecule has 1 aromatic carbocycles. The van der Waals surface area contributed by atoms with Crippen molar-refractivity contribution < 1.29 is 9.21 Å². The molecule has 3 aromatic rings. The molecule has 2 aromatic heterocycles. The second kappa shape index (κ2) is 4.37. The van der Waals surface area contributed by atoms with Gasteiger partial charge in [0.25, 0.3) is 0 Å². The van der Waals surface area contributed by atoms with E-state index in [1.807, 2.05) is 6.07 Å². The van der Waals surface area contributed by atoms with Gasteiger partial charge in [0, 0.05) is 5.39 Å². The van der Waals surface area contributed by atoms with Gasteiger partial charge in [0.15, 0.2) is 0 Å². The number of para-hydroxylation sites is 1. The molecule has 0 radical (unpaired) electrons. The molecule has 0 amide bonds. The highest BCUT2D eigenvalue weighted by Gasteiger charge is 2.18. The average Bonchev–Trinajstić information content (AvgIpc) is 2.83. The summed E-state index contributed by atoms with van der Waals surface area (Å²) >= 11 is 1.26. The molecule has 3 rings (SSSR count). The molecule has 0 spiro atoms. The van der Waals surface area contributed by atoms with Crippen LogP contribution >= 0.6 is 11.3 Å². The fourth-order valence-corrected chi connectivity index (χ4v) is 2.51. The van der Waals surface area contributed by atoms with Gasteiger partial charge in [-0.15, -0.1) is 11.3 Å². The number of nitrogens with two attached hydrogens (primary N) is 1. The van der Waals surface area contributed by atoms with Crippen molar-refractivity contribution >= 4 is 33.1 Å². The van der Waals surface area contributed by atoms with Gasteiger partial charge in [0.2, 0.25) is 5.78 Å². The number of carbonyl (C=O) groups excluding carboxylic acids is 1. The first-order valence-corrected chi connectivity index (χ1v) is 6.45. The molecule has 0 saturated carbocycles. The summed E-state index contributed by atoms with van der Waals surface area (Å²) in [6.07, 6.45) is 0. The fraction of sp³-hybridized carbons (Fsp3) is 0. The quantitative estimate of drug-likeness (QED) is 0.574. The van der Waals surface area contributed by atoms with Crippen LogP contribution in [0.2, 0.25) is 0 Å². The van der Waals surface area contributed by atoms with E-state index in [2.05, 4.69) is 0 Å². The molecule has 0 unspecified atom stereocenters. The first-order valence-electron chi connectivity index (χ1n) is 5.57. The monoisotopic (exact) mass is 271 g/mol. The Kier molecular flexibility index (Phi) is 2.68. The van der Waals surface area contributed by atoms with E-state index in [0.717, 1.165) is 0 Å². The van der Waals surface area contributed by atoms with Gasteiger partial charge in [-0.25, -0.2) is 4.79 Å². The van der Waals surface area contributed by atoms with Crippen LogP contribution in [-0.4, -0.2) is 5.78 Å². The Morgan fingerprint density at radius 3 is 2.68 bits per heavy atom. The SMILES string of the molecule is Nc1sccc1C(=O)c1cc2ccccc2oc1=O. The van der Waals surface area contributed by atoms with E-state index in [9.17, 15) is 9.59 Å². The van der Waals surface area contributed by atoms with E-state index < -0.39 is 11.4 Å². The van der Waals surface area contributed by atoms with Crippen LogP contribution in [0.1, 0.15) is 15.9 Å². The zero-order valence-electron chi connectivity index (χ0n) is 9.75. The number of anilines is 1. The van der Waals surface area contributed by atoms with E-state index in [1.54, 1.807) is 35.7 Å². The lowest BCUT2D eigenvalue weighted by atomic mass is 10.1. The third kappa shape index (κ3) is 1.94. The van der Waals surface area contributed by atoms with Crippen LogP contribution < -0.4 is 11.4 Å². The Bertz CT molecular complexity index is 832. The van der Waals surface area contributed by atoms with Crippen molar-refractivity contribution in [2.45, 2.75) is 0 Å². The van der Waals surface area contributed by atoms with E-state index in [-0.39, 0.29) is 5.56 Å². The van der Waals surface area contributed by atoms with E-state index in [1.165, 1.54) is 11.3 Å². The van der Waals surface area contributed by atoms with E-state index >= 15 is 0 Å². The van der Waals surface area contributed by atoms with Gasteiger partial charge in [0.1, 0.15) is 11.1 Å². The maximum absolute atomic E-state index is 12.3. The van der Waals surface area contributed by atoms with Crippen LogP contribution in [0.4, 0.5) is 5.00 Å². The number of carbonyl (C=O) groups is 1. The smallest absolute Gasteiger partial charge is 0.347 e. The van der Waals surface area contributed by atoms with Crippen LogP contribution in [0.15, 0.2) is 51.0 Å². The average molecular weight is 271 g/mol. The first-order chi connectivity index (χ1) is 9.16. The summed E-state index contributed by atoms with van der Waals surface area (Å²) < 4.78 is 5.14. The molecule has 0 fully saturated rings. The van der Waals surface area contributed by atoms with Gasteiger partial charge in [-0.1, -0.05) is 18.2 Å². The number of rotatable bonds is 2. The Hall–Kier alpha value is -2.40. The molecule has 0 saturated heterocycles. The summed E-state index contributed by atoms with van der Waals surface area (Å²) in [5.41, 5.74) is 5.87. The molecule has 4 nitrogen and oxygen atoms in total. The summed E-state index contributed by atoms with van der Waals surface area (Å²) in [6.45, 7) is 0. The molecule has 0 aliphatic heterocycles. The Balaban J connectivity index is 2.20. The summed E-state index contributed by atoms with van der Waals surface area (Å²) in [4.78, 5) is 24.1. The molecular formula is C14H9NO3S. The second-order valence-corrected chi connectivity index (χ2v) is 4.96. The van der Waals surface area contributed by atoms with E-state index in [4.69, 9.17) is 10.2 Å². The van der Waals surface area contributed by atoms with Crippen molar-refractivity contribution in [3.05, 3.63) is 63.3 Å². The van der Waals surface area contributed by atoms with Crippen molar-refractivity contribution in [3.8, 4) is 0 Å². The molecule has 94 valence electrons. The highest BCUT2D eigenvalue weighted by molar-refractivity contribution is 7.14. The minimum atomic E-state index is -0.644. The molecule has 0 atom stereocenters. The Labute approximate surface area is 112 Å². The van der Waals surface area contributed by atoms with Gasteiger partial charge < -0.3 is 10.2 Å². The topological polar surface area (TPSA) is 73.3 Å². The zero-order chi connectivity index (χ0) is 13.4. The predicted molar refractivity (Wildman–Crippen MR) is 74.6 cm³/mol. The van der Waals surface area contributed by atoms with Crippen molar-refractivity contribution in [2.24, 2.45) is 0 Å². The third-order valence-corrected chi connectivity index (χ3v) is 3.57. The number of ketones is 1. The van der Waals surface area contributed by atoms with Crippen LogP contribution in [0.25, 0.3) is 11.0 Å². The van der Waals surface area contributed by atoms with Gasteiger partial charge >= 0.3 is 5.63 Å². The van der Waals surface area contributed by atoms with Crippen LogP contribution in [0.3, 0.4) is 0 Å². The number of nitrogen functional groups attached to an aromatic ring is 1. The Morgan fingerprint density at radius 1 is 1.16 bits per heavy atom. The number of benzene rings is 1. The van der Waals surface area contributed by atoms with Crippen molar-refractivity contribution in [2.75, 3.05) is 5.73 Å². The van der Waals surface area contributed by atoms with Crippen LogP contribution in [0, 0.1) is 0 Å². The highest BCUT2D eigenvalue weighted by Crippen LogP contribution is 2.22. The number of thiophene rings is 1. The molecule has 19 heavy (non-hydrogen) atoms. The molecule has 2 N–H and O–H groups in total. The highest BCUT2D eigenvalue weighted by atomic mass is 32.1. The maximum Gasteiger partial charge on any atom is 0.347 e.